The number of para-hydroxylation sites is 1. The second-order valence-corrected chi connectivity index (χ2v) is 5.23. The van der Waals surface area contributed by atoms with E-state index in [1.165, 1.54) is 0 Å². The van der Waals surface area contributed by atoms with E-state index in [1.807, 2.05) is 50.2 Å². The van der Waals surface area contributed by atoms with Gasteiger partial charge in [0.05, 0.1) is 0 Å². The number of aryl methyl sites for hydroxylation is 1. The molecule has 0 radical (unpaired) electrons. The molecule has 110 valence electrons. The van der Waals surface area contributed by atoms with Crippen molar-refractivity contribution in [2.75, 3.05) is 5.32 Å². The maximum absolute atomic E-state index is 12.5. The number of hydrogen-bond acceptors (Lipinski definition) is 3. The topological polar surface area (TPSA) is 66.1 Å². The fourth-order valence-corrected chi connectivity index (χ4v) is 2.32. The average Bonchev–Trinajstić information content (AvgIpc) is 2.51. The van der Waals surface area contributed by atoms with Crippen molar-refractivity contribution >= 4 is 22.6 Å². The van der Waals surface area contributed by atoms with Gasteiger partial charge >= 0.3 is 0 Å². The van der Waals surface area contributed by atoms with Gasteiger partial charge in [0.25, 0.3) is 5.91 Å². The molecule has 0 atom stereocenters. The Hall–Kier alpha value is -2.88. The van der Waals surface area contributed by atoms with Gasteiger partial charge in [-0.05, 0) is 43.2 Å². The number of anilines is 1. The van der Waals surface area contributed by atoms with Crippen LogP contribution in [0.4, 0.5) is 5.69 Å². The van der Waals surface area contributed by atoms with Gasteiger partial charge < -0.3 is 9.73 Å². The second-order valence-electron chi connectivity index (χ2n) is 5.23. The van der Waals surface area contributed by atoms with Crippen molar-refractivity contribution in [2.24, 2.45) is 0 Å². The van der Waals surface area contributed by atoms with Gasteiger partial charge in [-0.15, -0.1) is 0 Å². The van der Waals surface area contributed by atoms with Crippen molar-refractivity contribution in [2.45, 2.75) is 13.8 Å². The molecule has 1 aromatic heterocycles. The highest BCUT2D eigenvalue weighted by molar-refractivity contribution is 6.05. The van der Waals surface area contributed by atoms with E-state index in [4.69, 9.17) is 9.83 Å². The van der Waals surface area contributed by atoms with E-state index in [1.54, 1.807) is 12.1 Å². The Morgan fingerprint density at radius 3 is 2.68 bits per heavy atom. The van der Waals surface area contributed by atoms with Crippen LogP contribution in [-0.4, -0.2) is 5.91 Å². The van der Waals surface area contributed by atoms with Crippen LogP contribution in [0.25, 0.3) is 11.0 Å². The third-order valence-corrected chi connectivity index (χ3v) is 3.77. The van der Waals surface area contributed by atoms with Gasteiger partial charge in [-0.1, -0.05) is 30.3 Å². The smallest absolute Gasteiger partial charge is 0.261 e. The van der Waals surface area contributed by atoms with Crippen molar-refractivity contribution < 1.29 is 9.21 Å². The molecule has 3 rings (SSSR count). The third kappa shape index (κ3) is 2.51. The quantitative estimate of drug-likeness (QED) is 0.754. The molecule has 0 bridgehead atoms. The van der Waals surface area contributed by atoms with Crippen LogP contribution in [0, 0.1) is 19.3 Å². The highest BCUT2D eigenvalue weighted by atomic mass is 16.3. The largest absolute Gasteiger partial charge is 0.438 e. The third-order valence-electron chi connectivity index (χ3n) is 3.77. The van der Waals surface area contributed by atoms with E-state index in [9.17, 15) is 4.79 Å². The van der Waals surface area contributed by atoms with E-state index >= 15 is 0 Å². The summed E-state index contributed by atoms with van der Waals surface area (Å²) in [5, 5.41) is 11.6. The second kappa shape index (κ2) is 5.48. The maximum Gasteiger partial charge on any atom is 0.261 e. The lowest BCUT2D eigenvalue weighted by Gasteiger charge is -2.10. The highest BCUT2D eigenvalue weighted by Gasteiger charge is 2.13. The van der Waals surface area contributed by atoms with Crippen molar-refractivity contribution in [3.05, 3.63) is 70.8 Å². The van der Waals surface area contributed by atoms with E-state index < -0.39 is 0 Å². The predicted molar refractivity (Wildman–Crippen MR) is 85.9 cm³/mol. The minimum absolute atomic E-state index is 0.137. The summed E-state index contributed by atoms with van der Waals surface area (Å²) in [6.07, 6.45) is 0. The Morgan fingerprint density at radius 1 is 1.09 bits per heavy atom. The van der Waals surface area contributed by atoms with Crippen LogP contribution in [-0.2, 0) is 0 Å². The lowest BCUT2D eigenvalue weighted by molar-refractivity contribution is 0.102. The van der Waals surface area contributed by atoms with Crippen molar-refractivity contribution in [3.8, 4) is 0 Å². The highest BCUT2D eigenvalue weighted by Crippen LogP contribution is 2.19. The van der Waals surface area contributed by atoms with Gasteiger partial charge in [-0.25, -0.2) is 0 Å². The first-order valence-electron chi connectivity index (χ1n) is 7.01. The zero-order chi connectivity index (χ0) is 15.7. The molecule has 4 heteroatoms. The van der Waals surface area contributed by atoms with E-state index in [2.05, 4.69) is 5.32 Å². The fourth-order valence-electron chi connectivity index (χ4n) is 2.32. The molecule has 0 unspecified atom stereocenters. The van der Waals surface area contributed by atoms with Crippen LogP contribution in [0.1, 0.15) is 21.5 Å². The molecule has 2 N–H and O–H groups in total. The van der Waals surface area contributed by atoms with Gasteiger partial charge in [0.15, 0.2) is 0 Å². The number of carbonyl (C=O) groups excluding carboxylic acids is 1. The van der Waals surface area contributed by atoms with E-state index in [0.29, 0.717) is 5.58 Å². The lowest BCUT2D eigenvalue weighted by atomic mass is 10.1. The number of benzene rings is 2. The van der Waals surface area contributed by atoms with Crippen molar-refractivity contribution in [1.82, 2.24) is 0 Å². The summed E-state index contributed by atoms with van der Waals surface area (Å²) in [6.45, 7) is 3.95. The molecule has 0 aliphatic rings. The molecule has 0 saturated carbocycles. The lowest BCUT2D eigenvalue weighted by Crippen LogP contribution is -2.21. The summed E-state index contributed by atoms with van der Waals surface area (Å²) in [5.41, 5.74) is 3.54. The molecule has 0 saturated heterocycles. The summed E-state index contributed by atoms with van der Waals surface area (Å²) in [5.74, 6) is -0.340. The minimum Gasteiger partial charge on any atom is -0.438 e. The number of carbonyl (C=O) groups is 1. The molecule has 1 amide bonds. The molecular formula is C18H16N2O2. The Bertz CT molecular complexity index is 926. The van der Waals surface area contributed by atoms with E-state index in [0.717, 1.165) is 22.2 Å². The summed E-state index contributed by atoms with van der Waals surface area (Å²) >= 11 is 0. The standard InChI is InChI=1S/C18H16N2O2/c1-11-6-5-8-15(12(11)2)20-18(21)14-10-13-7-3-4-9-16(13)22-17(14)19/h3-10,19H,1-2H3,(H,20,21). The molecule has 0 spiro atoms. The number of amides is 1. The van der Waals surface area contributed by atoms with Crippen LogP contribution >= 0.6 is 0 Å². The predicted octanol–water partition coefficient (Wildman–Crippen LogP) is 3.78. The molecule has 2 aromatic carbocycles. The average molecular weight is 292 g/mol. The number of hydrogen-bond donors (Lipinski definition) is 2. The van der Waals surface area contributed by atoms with Crippen LogP contribution < -0.4 is 10.9 Å². The van der Waals surface area contributed by atoms with Crippen LogP contribution in [0.5, 0.6) is 0 Å². The molecule has 0 fully saturated rings. The van der Waals surface area contributed by atoms with Gasteiger partial charge in [0.1, 0.15) is 11.1 Å². The van der Waals surface area contributed by atoms with Gasteiger partial charge in [-0.3, -0.25) is 10.2 Å². The molecule has 0 aliphatic heterocycles. The summed E-state index contributed by atoms with van der Waals surface area (Å²) in [6, 6.07) is 14.8. The van der Waals surface area contributed by atoms with Crippen molar-refractivity contribution in [3.63, 3.8) is 0 Å². The fraction of sp³-hybridized carbons (Fsp3) is 0.111. The molecular weight excluding hydrogens is 276 g/mol. The maximum atomic E-state index is 12.5. The molecule has 22 heavy (non-hydrogen) atoms. The SMILES string of the molecule is Cc1cccc(NC(=O)c2cc3ccccc3oc2=N)c1C. The Morgan fingerprint density at radius 2 is 1.86 bits per heavy atom. The minimum atomic E-state index is -0.340. The number of rotatable bonds is 2. The first-order chi connectivity index (χ1) is 10.6. The van der Waals surface area contributed by atoms with E-state index in [-0.39, 0.29) is 17.0 Å². The Kier molecular flexibility index (Phi) is 3.51. The molecule has 4 nitrogen and oxygen atoms in total. The summed E-state index contributed by atoms with van der Waals surface area (Å²) in [7, 11) is 0. The zero-order valence-corrected chi connectivity index (χ0v) is 12.4. The van der Waals surface area contributed by atoms with Crippen LogP contribution in [0.15, 0.2) is 52.9 Å². The molecule has 0 aliphatic carbocycles. The van der Waals surface area contributed by atoms with Crippen LogP contribution in [0.2, 0.25) is 0 Å². The Labute approximate surface area is 127 Å². The first kappa shape index (κ1) is 14.1. The zero-order valence-electron chi connectivity index (χ0n) is 12.4. The van der Waals surface area contributed by atoms with Crippen LogP contribution in [0.3, 0.4) is 0 Å². The van der Waals surface area contributed by atoms with Gasteiger partial charge in [0, 0.05) is 11.1 Å². The Balaban J connectivity index is 2.00. The summed E-state index contributed by atoms with van der Waals surface area (Å²) < 4.78 is 5.41. The number of fused-ring (bicyclic) bond motifs is 1. The first-order valence-corrected chi connectivity index (χ1v) is 7.01. The van der Waals surface area contributed by atoms with Crippen molar-refractivity contribution in [1.29, 1.82) is 5.41 Å². The van der Waals surface area contributed by atoms with Gasteiger partial charge in [0.2, 0.25) is 5.55 Å². The summed E-state index contributed by atoms with van der Waals surface area (Å²) in [4.78, 5) is 12.5. The monoisotopic (exact) mass is 292 g/mol. The van der Waals surface area contributed by atoms with Gasteiger partial charge in [-0.2, -0.15) is 0 Å². The normalized spacial score (nSPS) is 10.6. The molecule has 1 heterocycles. The number of nitrogens with one attached hydrogen (secondary N) is 2. The molecule has 3 aromatic rings.